The molecule has 1 heterocycles. The van der Waals surface area contributed by atoms with Crippen molar-refractivity contribution < 1.29 is 13.3 Å². The van der Waals surface area contributed by atoms with E-state index >= 15 is 0 Å². The summed E-state index contributed by atoms with van der Waals surface area (Å²) in [7, 11) is -3.08. The first-order chi connectivity index (χ1) is 11.1. The van der Waals surface area contributed by atoms with E-state index < -0.39 is 10.0 Å². The minimum atomic E-state index is -3.08. The summed E-state index contributed by atoms with van der Waals surface area (Å²) >= 11 is 0. The molecule has 0 radical (unpaired) electrons. The van der Waals surface area contributed by atoms with Crippen molar-refractivity contribution in [3.05, 3.63) is 71.8 Å². The van der Waals surface area contributed by atoms with E-state index in [1.807, 2.05) is 12.1 Å². The highest BCUT2D eigenvalue weighted by molar-refractivity contribution is 7.88. The molecule has 0 saturated carbocycles. The molecule has 1 aliphatic rings. The van der Waals surface area contributed by atoms with E-state index in [-0.39, 0.29) is 6.04 Å². The van der Waals surface area contributed by atoms with Crippen LogP contribution in [0.3, 0.4) is 0 Å². The Labute approximate surface area is 138 Å². The second-order valence-electron chi connectivity index (χ2n) is 6.07. The lowest BCUT2D eigenvalue weighted by atomic mass is 9.96. The number of sulfonamides is 1. The van der Waals surface area contributed by atoms with Crippen LogP contribution in [0.4, 0.5) is 0 Å². The van der Waals surface area contributed by atoms with Crippen LogP contribution in [0.2, 0.25) is 0 Å². The van der Waals surface area contributed by atoms with Crippen LogP contribution in [0.5, 0.6) is 0 Å². The summed E-state index contributed by atoms with van der Waals surface area (Å²) in [6.45, 7) is 2.82. The lowest BCUT2D eigenvalue weighted by Gasteiger charge is -2.36. The molecule has 1 fully saturated rings. The van der Waals surface area contributed by atoms with Gasteiger partial charge in [0.2, 0.25) is 10.0 Å². The molecular formula is C18H23N2O2S+. The minimum absolute atomic E-state index is 0.249. The van der Waals surface area contributed by atoms with Gasteiger partial charge in [0.05, 0.1) is 32.4 Å². The first-order valence-corrected chi connectivity index (χ1v) is 9.80. The van der Waals surface area contributed by atoms with Crippen LogP contribution in [-0.2, 0) is 10.0 Å². The van der Waals surface area contributed by atoms with E-state index in [0.717, 1.165) is 13.1 Å². The predicted molar refractivity (Wildman–Crippen MR) is 91.8 cm³/mol. The number of hydrogen-bond acceptors (Lipinski definition) is 2. The number of benzene rings is 2. The molecule has 0 amide bonds. The van der Waals surface area contributed by atoms with E-state index in [9.17, 15) is 8.42 Å². The molecule has 0 atom stereocenters. The van der Waals surface area contributed by atoms with Crippen molar-refractivity contribution in [2.75, 3.05) is 32.4 Å². The monoisotopic (exact) mass is 331 g/mol. The molecule has 1 saturated heterocycles. The fourth-order valence-corrected chi connectivity index (χ4v) is 4.19. The predicted octanol–water partition coefficient (Wildman–Crippen LogP) is 0.936. The zero-order valence-electron chi connectivity index (χ0n) is 13.4. The summed E-state index contributed by atoms with van der Waals surface area (Å²) in [6, 6.07) is 21.2. The molecule has 0 spiro atoms. The normalized spacial score (nSPS) is 17.5. The van der Waals surface area contributed by atoms with Gasteiger partial charge in [0.15, 0.2) is 0 Å². The van der Waals surface area contributed by atoms with Gasteiger partial charge in [0.1, 0.15) is 6.04 Å². The van der Waals surface area contributed by atoms with Crippen molar-refractivity contribution >= 4 is 10.0 Å². The van der Waals surface area contributed by atoms with Crippen LogP contribution in [0.25, 0.3) is 0 Å². The maximum absolute atomic E-state index is 11.7. The molecule has 1 N–H and O–H groups in total. The third-order valence-electron chi connectivity index (χ3n) is 4.51. The van der Waals surface area contributed by atoms with Crippen LogP contribution in [0.1, 0.15) is 17.2 Å². The summed E-state index contributed by atoms with van der Waals surface area (Å²) in [5.41, 5.74) is 2.56. The van der Waals surface area contributed by atoms with Crippen molar-refractivity contribution in [3.8, 4) is 0 Å². The van der Waals surface area contributed by atoms with E-state index in [4.69, 9.17) is 0 Å². The highest BCUT2D eigenvalue weighted by atomic mass is 32.2. The lowest BCUT2D eigenvalue weighted by molar-refractivity contribution is -0.929. The number of nitrogens with zero attached hydrogens (tertiary/aromatic N) is 1. The SMILES string of the molecule is CS(=O)(=O)N1CC[NH+](C(c2ccccc2)c2ccccc2)CC1. The highest BCUT2D eigenvalue weighted by Crippen LogP contribution is 2.19. The second-order valence-corrected chi connectivity index (χ2v) is 8.06. The molecule has 5 heteroatoms. The Hall–Kier alpha value is -1.69. The smallest absolute Gasteiger partial charge is 0.211 e. The standard InChI is InChI=1S/C18H22N2O2S/c1-23(21,22)20-14-12-19(13-15-20)18(16-8-4-2-5-9-16)17-10-6-3-7-11-17/h2-11,18H,12-15H2,1H3/p+1. The van der Waals surface area contributed by atoms with Crippen LogP contribution in [0.15, 0.2) is 60.7 Å². The first-order valence-electron chi connectivity index (χ1n) is 7.95. The topological polar surface area (TPSA) is 41.8 Å². The van der Waals surface area contributed by atoms with E-state index in [2.05, 4.69) is 48.5 Å². The summed E-state index contributed by atoms with van der Waals surface area (Å²) in [4.78, 5) is 1.42. The molecule has 4 nitrogen and oxygen atoms in total. The Morgan fingerprint density at radius 1 is 0.870 bits per heavy atom. The Balaban J connectivity index is 1.86. The van der Waals surface area contributed by atoms with Gasteiger partial charge in [-0.2, -0.15) is 4.31 Å². The van der Waals surface area contributed by atoms with E-state index in [1.54, 1.807) is 4.31 Å². The van der Waals surface area contributed by atoms with Crippen molar-refractivity contribution in [2.24, 2.45) is 0 Å². The summed E-state index contributed by atoms with van der Waals surface area (Å²) in [5.74, 6) is 0. The van der Waals surface area contributed by atoms with Gasteiger partial charge >= 0.3 is 0 Å². The largest absolute Gasteiger partial charge is 0.323 e. The molecule has 0 unspecified atom stereocenters. The molecule has 2 aromatic carbocycles. The van der Waals surface area contributed by atoms with Crippen molar-refractivity contribution in [2.45, 2.75) is 6.04 Å². The third kappa shape index (κ3) is 3.80. The average molecular weight is 331 g/mol. The summed E-state index contributed by atoms with van der Waals surface area (Å²) in [6.07, 6.45) is 1.30. The average Bonchev–Trinajstić information content (AvgIpc) is 2.57. The molecule has 2 aromatic rings. The van der Waals surface area contributed by atoms with Gasteiger partial charge in [-0.3, -0.25) is 0 Å². The van der Waals surface area contributed by atoms with Gasteiger partial charge in [-0.1, -0.05) is 60.7 Å². The van der Waals surface area contributed by atoms with Gasteiger partial charge in [0, 0.05) is 11.1 Å². The maximum Gasteiger partial charge on any atom is 0.211 e. The Morgan fingerprint density at radius 2 is 1.30 bits per heavy atom. The molecule has 23 heavy (non-hydrogen) atoms. The minimum Gasteiger partial charge on any atom is -0.323 e. The van der Waals surface area contributed by atoms with Crippen LogP contribution in [-0.4, -0.2) is 45.2 Å². The molecule has 1 aliphatic heterocycles. The number of rotatable bonds is 4. The second kappa shape index (κ2) is 6.83. The summed E-state index contributed by atoms with van der Waals surface area (Å²) < 4.78 is 25.0. The number of quaternary nitrogens is 1. The van der Waals surface area contributed by atoms with Gasteiger partial charge in [-0.25, -0.2) is 8.42 Å². The van der Waals surface area contributed by atoms with Gasteiger partial charge in [0.25, 0.3) is 0 Å². The zero-order valence-corrected chi connectivity index (χ0v) is 14.2. The zero-order chi connectivity index (χ0) is 16.3. The lowest BCUT2D eigenvalue weighted by Crippen LogP contribution is -3.15. The van der Waals surface area contributed by atoms with Gasteiger partial charge < -0.3 is 4.90 Å². The van der Waals surface area contributed by atoms with Gasteiger partial charge in [-0.15, -0.1) is 0 Å². The van der Waals surface area contributed by atoms with Crippen LogP contribution in [0, 0.1) is 0 Å². The van der Waals surface area contributed by atoms with E-state index in [0.29, 0.717) is 13.1 Å². The Kier molecular flexibility index (Phi) is 4.80. The van der Waals surface area contributed by atoms with Crippen molar-refractivity contribution in [1.82, 2.24) is 4.31 Å². The fourth-order valence-electron chi connectivity index (χ4n) is 3.35. The number of piperazine rings is 1. The van der Waals surface area contributed by atoms with E-state index in [1.165, 1.54) is 22.3 Å². The van der Waals surface area contributed by atoms with Gasteiger partial charge in [-0.05, 0) is 0 Å². The van der Waals surface area contributed by atoms with Crippen molar-refractivity contribution in [3.63, 3.8) is 0 Å². The molecule has 0 aliphatic carbocycles. The Bertz CT molecular complexity index is 685. The quantitative estimate of drug-likeness (QED) is 0.906. The third-order valence-corrected chi connectivity index (χ3v) is 5.81. The maximum atomic E-state index is 11.7. The van der Waals surface area contributed by atoms with Crippen molar-refractivity contribution in [1.29, 1.82) is 0 Å². The fraction of sp³-hybridized carbons (Fsp3) is 0.333. The molecule has 0 bridgehead atoms. The number of hydrogen-bond donors (Lipinski definition) is 1. The van der Waals surface area contributed by atoms with Crippen LogP contribution >= 0.6 is 0 Å². The molecule has 122 valence electrons. The number of nitrogens with one attached hydrogen (secondary N) is 1. The molecular weight excluding hydrogens is 308 g/mol. The molecule has 3 rings (SSSR count). The Morgan fingerprint density at radius 3 is 1.70 bits per heavy atom. The summed E-state index contributed by atoms with van der Waals surface area (Å²) in [5, 5.41) is 0. The van der Waals surface area contributed by atoms with Crippen LogP contribution < -0.4 is 4.90 Å². The first kappa shape index (κ1) is 16.2. The molecule has 0 aromatic heterocycles. The highest BCUT2D eigenvalue weighted by Gasteiger charge is 2.32.